The number of nitrogens with one attached hydrogen (secondary N) is 2. The maximum absolute atomic E-state index is 4.04. The molecule has 3 heteroatoms. The Labute approximate surface area is 166 Å². The number of hydrogen-bond donors (Lipinski definition) is 2. The second-order valence-electron chi connectivity index (χ2n) is 8.44. The van der Waals surface area contributed by atoms with Gasteiger partial charge in [0.25, 0.3) is 0 Å². The van der Waals surface area contributed by atoms with E-state index in [1.807, 2.05) is 19.0 Å². The van der Waals surface area contributed by atoms with Gasteiger partial charge in [0.05, 0.1) is 6.54 Å². The van der Waals surface area contributed by atoms with Crippen molar-refractivity contribution < 1.29 is 0 Å². The highest BCUT2D eigenvalue weighted by molar-refractivity contribution is 5.32. The van der Waals surface area contributed by atoms with E-state index in [9.17, 15) is 0 Å². The second kappa shape index (κ2) is 10.2. The standard InChI is InChI=1S/C24H37N3/c1-4-15-27(25-3)18-22-17-20(14-13-19(22)2)16-21-9-5-8-12-24(21)26-23-10-6-7-11-23/h13-14,17,21,23-26H,5-12,16,18H2,1-3H3. The molecule has 27 heavy (non-hydrogen) atoms. The molecule has 0 radical (unpaired) electrons. The van der Waals surface area contributed by atoms with E-state index in [1.54, 1.807) is 0 Å². The Morgan fingerprint density at radius 1 is 1.07 bits per heavy atom. The van der Waals surface area contributed by atoms with Crippen molar-refractivity contribution in [2.24, 2.45) is 5.92 Å². The number of nitrogens with zero attached hydrogens (tertiary/aromatic N) is 1. The average Bonchev–Trinajstić information content (AvgIpc) is 3.18. The third kappa shape index (κ3) is 5.74. The van der Waals surface area contributed by atoms with Crippen LogP contribution in [0, 0.1) is 24.8 Å². The predicted octanol–water partition coefficient (Wildman–Crippen LogP) is 4.55. The zero-order chi connectivity index (χ0) is 19.1. The molecule has 2 fully saturated rings. The molecule has 1 aromatic rings. The molecule has 2 aliphatic carbocycles. The molecule has 1 aromatic carbocycles. The van der Waals surface area contributed by atoms with E-state index in [0.717, 1.165) is 18.5 Å². The summed E-state index contributed by atoms with van der Waals surface area (Å²) >= 11 is 0. The minimum Gasteiger partial charge on any atom is -0.311 e. The number of aryl methyl sites for hydroxylation is 1. The van der Waals surface area contributed by atoms with Crippen LogP contribution >= 0.6 is 0 Å². The molecule has 2 saturated carbocycles. The summed E-state index contributed by atoms with van der Waals surface area (Å²) in [6.07, 6.45) is 12.3. The Morgan fingerprint density at radius 3 is 2.56 bits per heavy atom. The first-order valence-corrected chi connectivity index (χ1v) is 10.9. The van der Waals surface area contributed by atoms with Crippen molar-refractivity contribution in [3.63, 3.8) is 0 Å². The minimum atomic E-state index is 0.714. The molecule has 0 heterocycles. The third-order valence-electron chi connectivity index (χ3n) is 6.47. The highest BCUT2D eigenvalue weighted by atomic mass is 15.5. The first-order valence-electron chi connectivity index (χ1n) is 10.9. The lowest BCUT2D eigenvalue weighted by Crippen LogP contribution is -2.44. The summed E-state index contributed by atoms with van der Waals surface area (Å²) in [5.74, 6) is 3.77. The largest absolute Gasteiger partial charge is 0.311 e. The maximum atomic E-state index is 4.04. The fourth-order valence-corrected chi connectivity index (χ4v) is 4.87. The van der Waals surface area contributed by atoms with Crippen LogP contribution in [0.2, 0.25) is 0 Å². The molecule has 0 spiro atoms. The van der Waals surface area contributed by atoms with Crippen molar-refractivity contribution in [1.29, 1.82) is 0 Å². The fourth-order valence-electron chi connectivity index (χ4n) is 4.87. The van der Waals surface area contributed by atoms with Gasteiger partial charge in [-0.25, -0.2) is 5.43 Å². The maximum Gasteiger partial charge on any atom is 0.0683 e. The van der Waals surface area contributed by atoms with Gasteiger partial charge in [-0.1, -0.05) is 49.8 Å². The van der Waals surface area contributed by atoms with Crippen molar-refractivity contribution in [2.75, 3.05) is 7.05 Å². The Balaban J connectivity index is 1.67. The number of hydrogen-bond acceptors (Lipinski definition) is 3. The predicted molar refractivity (Wildman–Crippen MR) is 114 cm³/mol. The molecule has 2 atom stereocenters. The summed E-state index contributed by atoms with van der Waals surface area (Å²) in [7, 11) is 1.94. The summed E-state index contributed by atoms with van der Waals surface area (Å²) in [4.78, 5) is 0. The quantitative estimate of drug-likeness (QED) is 0.421. The first-order chi connectivity index (χ1) is 13.2. The van der Waals surface area contributed by atoms with Gasteiger partial charge in [0, 0.05) is 25.2 Å². The molecule has 0 saturated heterocycles. The molecule has 148 valence electrons. The molecular weight excluding hydrogens is 330 g/mol. The lowest BCUT2D eigenvalue weighted by atomic mass is 9.80. The van der Waals surface area contributed by atoms with E-state index < -0.39 is 0 Å². The van der Waals surface area contributed by atoms with Crippen LogP contribution in [0.1, 0.15) is 75.0 Å². The van der Waals surface area contributed by atoms with E-state index in [0.29, 0.717) is 6.04 Å². The van der Waals surface area contributed by atoms with Gasteiger partial charge in [0.15, 0.2) is 0 Å². The number of hydrazine groups is 1. The van der Waals surface area contributed by atoms with Crippen molar-refractivity contribution in [1.82, 2.24) is 15.8 Å². The molecular formula is C24H37N3. The van der Waals surface area contributed by atoms with E-state index in [2.05, 4.69) is 47.8 Å². The Kier molecular flexibility index (Phi) is 7.61. The fraction of sp³-hybridized carbons (Fsp3) is 0.667. The molecule has 2 N–H and O–H groups in total. The second-order valence-corrected chi connectivity index (χ2v) is 8.44. The monoisotopic (exact) mass is 367 g/mol. The average molecular weight is 368 g/mol. The minimum absolute atomic E-state index is 0.714. The van der Waals surface area contributed by atoms with E-state index in [4.69, 9.17) is 0 Å². The summed E-state index contributed by atoms with van der Waals surface area (Å²) < 4.78 is 0. The van der Waals surface area contributed by atoms with Crippen LogP contribution in [0.5, 0.6) is 0 Å². The van der Waals surface area contributed by atoms with E-state index in [1.165, 1.54) is 74.5 Å². The molecule has 0 aliphatic heterocycles. The number of benzene rings is 1. The van der Waals surface area contributed by atoms with Crippen LogP contribution in [0.4, 0.5) is 0 Å². The lowest BCUT2D eigenvalue weighted by molar-refractivity contribution is 0.241. The summed E-state index contributed by atoms with van der Waals surface area (Å²) in [6.45, 7) is 4.91. The first kappa shape index (κ1) is 20.2. The van der Waals surface area contributed by atoms with Gasteiger partial charge >= 0.3 is 0 Å². The van der Waals surface area contributed by atoms with Gasteiger partial charge in [-0.15, -0.1) is 0 Å². The van der Waals surface area contributed by atoms with Crippen LogP contribution in [0.25, 0.3) is 0 Å². The summed E-state index contributed by atoms with van der Waals surface area (Å²) in [6, 6.07) is 11.7. The van der Waals surface area contributed by atoms with Gasteiger partial charge < -0.3 is 5.32 Å². The highest BCUT2D eigenvalue weighted by Crippen LogP contribution is 2.30. The molecule has 0 bridgehead atoms. The molecule has 3 nitrogen and oxygen atoms in total. The smallest absolute Gasteiger partial charge is 0.0683 e. The Morgan fingerprint density at radius 2 is 1.81 bits per heavy atom. The topological polar surface area (TPSA) is 27.3 Å². The van der Waals surface area contributed by atoms with E-state index >= 15 is 0 Å². The van der Waals surface area contributed by atoms with Crippen LogP contribution < -0.4 is 10.7 Å². The van der Waals surface area contributed by atoms with Gasteiger partial charge in [-0.05, 0) is 68.6 Å². The Bertz CT molecular complexity index is 651. The number of rotatable bonds is 7. The van der Waals surface area contributed by atoms with Crippen LogP contribution in [0.3, 0.4) is 0 Å². The summed E-state index contributed by atoms with van der Waals surface area (Å²) in [5, 5.41) is 6.01. The van der Waals surface area contributed by atoms with Crippen LogP contribution in [-0.2, 0) is 13.0 Å². The zero-order valence-corrected chi connectivity index (χ0v) is 17.5. The van der Waals surface area contributed by atoms with Crippen molar-refractivity contribution in [3.8, 4) is 12.0 Å². The summed E-state index contributed by atoms with van der Waals surface area (Å²) in [5.41, 5.74) is 7.39. The van der Waals surface area contributed by atoms with E-state index in [-0.39, 0.29) is 0 Å². The zero-order valence-electron chi connectivity index (χ0n) is 17.5. The van der Waals surface area contributed by atoms with Crippen LogP contribution in [-0.4, -0.2) is 24.1 Å². The van der Waals surface area contributed by atoms with Crippen molar-refractivity contribution >= 4 is 0 Å². The molecule has 2 unspecified atom stereocenters. The lowest BCUT2D eigenvalue weighted by Gasteiger charge is -2.35. The normalized spacial score (nSPS) is 23.1. The van der Waals surface area contributed by atoms with Crippen molar-refractivity contribution in [2.45, 2.75) is 90.3 Å². The van der Waals surface area contributed by atoms with Crippen LogP contribution in [0.15, 0.2) is 18.2 Å². The molecule has 0 amide bonds. The van der Waals surface area contributed by atoms with Gasteiger partial charge in [0.2, 0.25) is 0 Å². The molecule has 2 aliphatic rings. The highest BCUT2D eigenvalue weighted by Gasteiger charge is 2.28. The molecule has 0 aromatic heterocycles. The van der Waals surface area contributed by atoms with Gasteiger partial charge in [-0.2, -0.15) is 0 Å². The Hall–Kier alpha value is -1.50. The SMILES string of the molecule is CC#CN(Cc1cc(CC2CCCCC2NC2CCCC2)ccc1C)NC. The van der Waals surface area contributed by atoms with Gasteiger partial charge in [0.1, 0.15) is 0 Å². The van der Waals surface area contributed by atoms with Crippen molar-refractivity contribution in [3.05, 3.63) is 34.9 Å². The van der Waals surface area contributed by atoms with Gasteiger partial charge in [-0.3, -0.25) is 5.01 Å². The third-order valence-corrected chi connectivity index (χ3v) is 6.47. The molecule has 3 rings (SSSR count).